The van der Waals surface area contributed by atoms with Crippen molar-refractivity contribution in [2.45, 2.75) is 39.7 Å². The molecule has 1 N–H and O–H groups in total. The Bertz CT molecular complexity index is 371. The predicted molar refractivity (Wildman–Crippen MR) is 79.6 cm³/mol. The second-order valence-corrected chi connectivity index (χ2v) is 4.72. The third kappa shape index (κ3) is 6.35. The van der Waals surface area contributed by atoms with Crippen LogP contribution in [0.3, 0.4) is 0 Å². The summed E-state index contributed by atoms with van der Waals surface area (Å²) in [4.78, 5) is 0. The zero-order chi connectivity index (χ0) is 14.6. The molecule has 0 amide bonds. The summed E-state index contributed by atoms with van der Waals surface area (Å²) in [5.41, 5.74) is 0.854. The lowest BCUT2D eigenvalue weighted by molar-refractivity contribution is 0.0963. The van der Waals surface area contributed by atoms with E-state index in [9.17, 15) is 4.39 Å². The molecule has 4 heteroatoms. The Hall–Kier alpha value is -1.13. The van der Waals surface area contributed by atoms with Gasteiger partial charge in [0.15, 0.2) is 11.6 Å². The van der Waals surface area contributed by atoms with Crippen LogP contribution in [0.4, 0.5) is 4.39 Å². The van der Waals surface area contributed by atoms with E-state index in [2.05, 4.69) is 19.2 Å². The highest BCUT2D eigenvalue weighted by Crippen LogP contribution is 2.22. The van der Waals surface area contributed by atoms with E-state index in [0.29, 0.717) is 25.5 Å². The summed E-state index contributed by atoms with van der Waals surface area (Å²) in [7, 11) is 0. The fourth-order valence-corrected chi connectivity index (χ4v) is 1.81. The molecule has 114 valence electrons. The molecule has 0 spiro atoms. The third-order valence-corrected chi connectivity index (χ3v) is 2.91. The number of halogens is 1. The summed E-state index contributed by atoms with van der Waals surface area (Å²) < 4.78 is 24.7. The van der Waals surface area contributed by atoms with Crippen molar-refractivity contribution in [3.8, 4) is 5.75 Å². The fourth-order valence-electron chi connectivity index (χ4n) is 1.81. The van der Waals surface area contributed by atoms with E-state index in [0.717, 1.165) is 38.0 Å². The highest BCUT2D eigenvalue weighted by atomic mass is 19.1. The summed E-state index contributed by atoms with van der Waals surface area (Å²) in [5, 5.41) is 3.26. The smallest absolute Gasteiger partial charge is 0.165 e. The second-order valence-electron chi connectivity index (χ2n) is 4.72. The van der Waals surface area contributed by atoms with Gasteiger partial charge in [0.05, 0.1) is 6.61 Å². The van der Waals surface area contributed by atoms with E-state index in [1.807, 2.05) is 6.07 Å². The van der Waals surface area contributed by atoms with Gasteiger partial charge < -0.3 is 14.8 Å². The lowest BCUT2D eigenvalue weighted by Crippen LogP contribution is -2.16. The highest BCUT2D eigenvalue weighted by molar-refractivity contribution is 5.34. The number of rotatable bonds is 11. The first-order valence-corrected chi connectivity index (χ1v) is 7.48. The molecular formula is C16H26FNO2. The minimum atomic E-state index is -0.311. The summed E-state index contributed by atoms with van der Waals surface area (Å²) >= 11 is 0. The molecule has 0 aliphatic heterocycles. The first kappa shape index (κ1) is 16.9. The minimum absolute atomic E-state index is 0.311. The van der Waals surface area contributed by atoms with Gasteiger partial charge in [-0.15, -0.1) is 0 Å². The van der Waals surface area contributed by atoms with Crippen molar-refractivity contribution >= 4 is 0 Å². The van der Waals surface area contributed by atoms with Gasteiger partial charge in [0.2, 0.25) is 0 Å². The van der Waals surface area contributed by atoms with E-state index >= 15 is 0 Å². The molecule has 3 nitrogen and oxygen atoms in total. The number of ether oxygens (including phenoxy) is 2. The third-order valence-electron chi connectivity index (χ3n) is 2.91. The van der Waals surface area contributed by atoms with E-state index < -0.39 is 0 Å². The Morgan fingerprint density at radius 2 is 1.95 bits per heavy atom. The number of para-hydroxylation sites is 1. The molecule has 20 heavy (non-hydrogen) atoms. The topological polar surface area (TPSA) is 30.5 Å². The van der Waals surface area contributed by atoms with Crippen LogP contribution in [0.2, 0.25) is 0 Å². The van der Waals surface area contributed by atoms with Crippen LogP contribution in [-0.4, -0.2) is 26.4 Å². The van der Waals surface area contributed by atoms with Crippen LogP contribution in [0.5, 0.6) is 5.75 Å². The van der Waals surface area contributed by atoms with Gasteiger partial charge in [0.1, 0.15) is 6.61 Å². The van der Waals surface area contributed by atoms with Gasteiger partial charge in [-0.1, -0.05) is 32.4 Å². The molecule has 0 unspecified atom stereocenters. The summed E-state index contributed by atoms with van der Waals surface area (Å²) in [6, 6.07) is 5.03. The standard InChI is InChI=1S/C16H26FNO2/c1-3-5-10-19-11-12-20-16-14(13-18-9-4-2)7-6-8-15(16)17/h6-8,18H,3-5,9-13H2,1-2H3. The number of hydrogen-bond donors (Lipinski definition) is 1. The quantitative estimate of drug-likeness (QED) is 0.630. The normalized spacial score (nSPS) is 10.8. The van der Waals surface area contributed by atoms with Crippen LogP contribution in [0.25, 0.3) is 0 Å². The van der Waals surface area contributed by atoms with Crippen molar-refractivity contribution in [2.24, 2.45) is 0 Å². The maximum atomic E-state index is 13.8. The highest BCUT2D eigenvalue weighted by Gasteiger charge is 2.09. The first-order valence-electron chi connectivity index (χ1n) is 7.48. The Morgan fingerprint density at radius 1 is 1.10 bits per heavy atom. The molecular weight excluding hydrogens is 257 g/mol. The summed E-state index contributed by atoms with van der Waals surface area (Å²) in [6.07, 6.45) is 3.21. The maximum Gasteiger partial charge on any atom is 0.165 e. The first-order chi connectivity index (χ1) is 9.79. The van der Waals surface area contributed by atoms with Crippen molar-refractivity contribution in [3.05, 3.63) is 29.6 Å². The van der Waals surface area contributed by atoms with Crippen LogP contribution in [0, 0.1) is 5.82 Å². The molecule has 0 aliphatic rings. The zero-order valence-electron chi connectivity index (χ0n) is 12.6. The average Bonchev–Trinajstić information content (AvgIpc) is 2.45. The van der Waals surface area contributed by atoms with Crippen LogP contribution in [-0.2, 0) is 11.3 Å². The maximum absolute atomic E-state index is 13.8. The Labute approximate surface area is 121 Å². The molecule has 0 atom stereocenters. The molecule has 0 fully saturated rings. The molecule has 0 radical (unpaired) electrons. The van der Waals surface area contributed by atoms with Crippen molar-refractivity contribution < 1.29 is 13.9 Å². The van der Waals surface area contributed by atoms with Gasteiger partial charge in [-0.25, -0.2) is 4.39 Å². The van der Waals surface area contributed by atoms with E-state index in [4.69, 9.17) is 9.47 Å². The van der Waals surface area contributed by atoms with Gasteiger partial charge >= 0.3 is 0 Å². The van der Waals surface area contributed by atoms with Crippen molar-refractivity contribution in [1.29, 1.82) is 0 Å². The van der Waals surface area contributed by atoms with Crippen molar-refractivity contribution in [2.75, 3.05) is 26.4 Å². The lowest BCUT2D eigenvalue weighted by atomic mass is 10.2. The minimum Gasteiger partial charge on any atom is -0.488 e. The Kier molecular flexibility index (Phi) is 9.00. The van der Waals surface area contributed by atoms with Crippen LogP contribution in [0.1, 0.15) is 38.7 Å². The number of unbranched alkanes of at least 4 members (excludes halogenated alkanes) is 1. The molecule has 0 aromatic heterocycles. The van der Waals surface area contributed by atoms with Crippen LogP contribution < -0.4 is 10.1 Å². The second kappa shape index (κ2) is 10.6. The number of nitrogens with one attached hydrogen (secondary N) is 1. The Morgan fingerprint density at radius 3 is 2.70 bits per heavy atom. The van der Waals surface area contributed by atoms with Gasteiger partial charge in [0, 0.05) is 18.7 Å². The van der Waals surface area contributed by atoms with Crippen LogP contribution >= 0.6 is 0 Å². The van der Waals surface area contributed by atoms with Crippen LogP contribution in [0.15, 0.2) is 18.2 Å². The monoisotopic (exact) mass is 283 g/mol. The molecule has 0 saturated heterocycles. The summed E-state index contributed by atoms with van der Waals surface area (Å²) in [6.45, 7) is 7.37. The largest absolute Gasteiger partial charge is 0.488 e. The number of hydrogen-bond acceptors (Lipinski definition) is 3. The average molecular weight is 283 g/mol. The summed E-state index contributed by atoms with van der Waals surface area (Å²) in [5.74, 6) is 0.0320. The van der Waals surface area contributed by atoms with Gasteiger partial charge in [-0.3, -0.25) is 0 Å². The molecule has 1 aromatic carbocycles. The molecule has 0 aliphatic carbocycles. The lowest BCUT2D eigenvalue weighted by Gasteiger charge is -2.13. The van der Waals surface area contributed by atoms with Gasteiger partial charge in [0.25, 0.3) is 0 Å². The van der Waals surface area contributed by atoms with E-state index in [-0.39, 0.29) is 5.82 Å². The Balaban J connectivity index is 2.41. The molecule has 0 heterocycles. The van der Waals surface area contributed by atoms with E-state index in [1.54, 1.807) is 6.07 Å². The number of benzene rings is 1. The SMILES string of the molecule is CCCCOCCOc1c(F)cccc1CNCCC. The fraction of sp³-hybridized carbons (Fsp3) is 0.625. The zero-order valence-corrected chi connectivity index (χ0v) is 12.6. The van der Waals surface area contributed by atoms with Gasteiger partial charge in [-0.2, -0.15) is 0 Å². The van der Waals surface area contributed by atoms with Crippen molar-refractivity contribution in [3.63, 3.8) is 0 Å². The molecule has 1 aromatic rings. The molecule has 1 rings (SSSR count). The van der Waals surface area contributed by atoms with Gasteiger partial charge in [-0.05, 0) is 25.5 Å². The van der Waals surface area contributed by atoms with Crippen molar-refractivity contribution in [1.82, 2.24) is 5.32 Å². The predicted octanol–water partition coefficient (Wildman–Crippen LogP) is 3.52. The molecule has 0 bridgehead atoms. The molecule has 0 saturated carbocycles. The van der Waals surface area contributed by atoms with E-state index in [1.165, 1.54) is 6.07 Å².